The van der Waals surface area contributed by atoms with Crippen LogP contribution in [0.15, 0.2) is 35.6 Å². The number of pyridine rings is 1. The van der Waals surface area contributed by atoms with Gasteiger partial charge in [-0.2, -0.15) is 0 Å². The summed E-state index contributed by atoms with van der Waals surface area (Å²) in [5.74, 6) is -2.11. The van der Waals surface area contributed by atoms with Gasteiger partial charge in [0, 0.05) is 41.4 Å². The Morgan fingerprint density at radius 3 is 2.80 bits per heavy atom. The number of halogens is 3. The van der Waals surface area contributed by atoms with Gasteiger partial charge in [0.05, 0.1) is 24.2 Å². The standard InChI is InChI=1S/C17H14F3N3OS/c18-11-1-9(4-22-6-11)12-2-13(15(20)3-14(12)19)17-8-24-7-10(17)5-23-16(21)25-17/h1-4,6,10H,5,7-8H2,(H2,21,23)/t10-,17-/m0/s1. The zero-order valence-electron chi connectivity index (χ0n) is 13.0. The fourth-order valence-corrected chi connectivity index (χ4v) is 4.57. The number of ether oxygens (including phenoxy) is 1. The number of hydrogen-bond acceptors (Lipinski definition) is 5. The molecule has 1 saturated heterocycles. The zero-order valence-corrected chi connectivity index (χ0v) is 13.8. The molecule has 4 nitrogen and oxygen atoms in total. The number of fused-ring (bicyclic) bond motifs is 1. The number of amidine groups is 1. The predicted octanol–water partition coefficient (Wildman–Crippen LogP) is 3.07. The van der Waals surface area contributed by atoms with Crippen LogP contribution in [0.25, 0.3) is 11.1 Å². The van der Waals surface area contributed by atoms with Gasteiger partial charge in [-0.25, -0.2) is 13.2 Å². The van der Waals surface area contributed by atoms with Crippen LogP contribution in [0.5, 0.6) is 0 Å². The Morgan fingerprint density at radius 1 is 1.16 bits per heavy atom. The molecular formula is C17H14F3N3OS. The molecule has 2 aliphatic heterocycles. The van der Waals surface area contributed by atoms with Crippen LogP contribution in [0, 0.1) is 23.4 Å². The maximum Gasteiger partial charge on any atom is 0.154 e. The summed E-state index contributed by atoms with van der Waals surface area (Å²) in [5, 5.41) is 0.347. The number of nitrogens with zero attached hydrogens (tertiary/aromatic N) is 2. The highest BCUT2D eigenvalue weighted by Gasteiger charge is 2.50. The van der Waals surface area contributed by atoms with E-state index in [1.54, 1.807) is 0 Å². The molecular weight excluding hydrogens is 351 g/mol. The molecule has 130 valence electrons. The van der Waals surface area contributed by atoms with Crippen molar-refractivity contribution in [1.82, 2.24) is 4.98 Å². The highest BCUT2D eigenvalue weighted by molar-refractivity contribution is 8.14. The van der Waals surface area contributed by atoms with Crippen molar-refractivity contribution in [3.8, 4) is 11.1 Å². The van der Waals surface area contributed by atoms with Gasteiger partial charge in [-0.1, -0.05) is 11.8 Å². The summed E-state index contributed by atoms with van der Waals surface area (Å²) in [6, 6.07) is 3.40. The molecule has 0 radical (unpaired) electrons. The van der Waals surface area contributed by atoms with Crippen LogP contribution in [-0.4, -0.2) is 29.9 Å². The van der Waals surface area contributed by atoms with Gasteiger partial charge in [0.1, 0.15) is 17.5 Å². The van der Waals surface area contributed by atoms with E-state index in [9.17, 15) is 13.2 Å². The van der Waals surface area contributed by atoms with E-state index >= 15 is 0 Å². The predicted molar refractivity (Wildman–Crippen MR) is 89.6 cm³/mol. The van der Waals surface area contributed by atoms with E-state index in [0.29, 0.717) is 23.9 Å². The van der Waals surface area contributed by atoms with E-state index in [0.717, 1.165) is 18.3 Å². The van der Waals surface area contributed by atoms with Gasteiger partial charge in [-0.15, -0.1) is 0 Å². The fraction of sp³-hybridized carbons (Fsp3) is 0.294. The molecule has 1 fully saturated rings. The Morgan fingerprint density at radius 2 is 2.00 bits per heavy atom. The summed E-state index contributed by atoms with van der Waals surface area (Å²) in [6.45, 7) is 1.10. The van der Waals surface area contributed by atoms with Gasteiger partial charge in [-0.05, 0) is 12.1 Å². The third kappa shape index (κ3) is 2.69. The quantitative estimate of drug-likeness (QED) is 0.889. The number of thioether (sulfide) groups is 1. The summed E-state index contributed by atoms with van der Waals surface area (Å²) >= 11 is 1.24. The van der Waals surface area contributed by atoms with Gasteiger partial charge in [0.25, 0.3) is 0 Å². The monoisotopic (exact) mass is 365 g/mol. The molecule has 0 amide bonds. The minimum atomic E-state index is -0.775. The highest BCUT2D eigenvalue weighted by atomic mass is 32.2. The van der Waals surface area contributed by atoms with Crippen molar-refractivity contribution in [2.24, 2.45) is 16.6 Å². The summed E-state index contributed by atoms with van der Waals surface area (Å²) < 4.78 is 47.3. The largest absolute Gasteiger partial charge is 0.379 e. The Bertz CT molecular complexity index is 876. The summed E-state index contributed by atoms with van der Waals surface area (Å²) in [6.07, 6.45) is 2.37. The number of benzene rings is 1. The van der Waals surface area contributed by atoms with Crippen molar-refractivity contribution < 1.29 is 17.9 Å². The van der Waals surface area contributed by atoms with E-state index in [-0.39, 0.29) is 23.7 Å². The molecule has 25 heavy (non-hydrogen) atoms. The van der Waals surface area contributed by atoms with Crippen molar-refractivity contribution in [2.45, 2.75) is 4.75 Å². The minimum absolute atomic E-state index is 0.0664. The topological polar surface area (TPSA) is 60.5 Å². The Kier molecular flexibility index (Phi) is 3.96. The van der Waals surface area contributed by atoms with Crippen LogP contribution < -0.4 is 5.73 Å². The van der Waals surface area contributed by atoms with Gasteiger partial charge in [0.2, 0.25) is 0 Å². The van der Waals surface area contributed by atoms with Crippen LogP contribution in [-0.2, 0) is 9.48 Å². The first-order chi connectivity index (χ1) is 12.0. The van der Waals surface area contributed by atoms with Gasteiger partial charge >= 0.3 is 0 Å². The summed E-state index contributed by atoms with van der Waals surface area (Å²) in [7, 11) is 0. The molecule has 2 N–H and O–H groups in total. The average molecular weight is 365 g/mol. The van der Waals surface area contributed by atoms with E-state index in [1.807, 2.05) is 0 Å². The molecule has 3 heterocycles. The molecule has 1 aromatic heterocycles. The van der Waals surface area contributed by atoms with Crippen molar-refractivity contribution in [2.75, 3.05) is 19.8 Å². The second-order valence-electron chi connectivity index (χ2n) is 6.09. The number of hydrogen-bond donors (Lipinski definition) is 1. The van der Waals surface area contributed by atoms with Crippen LogP contribution >= 0.6 is 11.8 Å². The van der Waals surface area contributed by atoms with Crippen molar-refractivity contribution >= 4 is 16.9 Å². The first-order valence-corrected chi connectivity index (χ1v) is 8.48. The number of aromatic nitrogens is 1. The van der Waals surface area contributed by atoms with Crippen LogP contribution in [0.3, 0.4) is 0 Å². The molecule has 0 unspecified atom stereocenters. The Labute approximate surface area is 146 Å². The third-order valence-corrected chi connectivity index (χ3v) is 5.95. The Balaban J connectivity index is 1.88. The molecule has 0 bridgehead atoms. The molecule has 2 aliphatic rings. The van der Waals surface area contributed by atoms with Gasteiger partial charge in [-0.3, -0.25) is 9.98 Å². The third-order valence-electron chi connectivity index (χ3n) is 4.58. The lowest BCUT2D eigenvalue weighted by Gasteiger charge is -2.36. The lowest BCUT2D eigenvalue weighted by molar-refractivity contribution is 0.183. The first-order valence-electron chi connectivity index (χ1n) is 7.67. The summed E-state index contributed by atoms with van der Waals surface area (Å²) in [4.78, 5) is 7.94. The molecule has 8 heteroatoms. The smallest absolute Gasteiger partial charge is 0.154 e. The molecule has 1 aromatic carbocycles. The Hall–Kier alpha value is -2.06. The SMILES string of the molecule is NC1=NC[C@H]2COC[C@]2(c2cc(-c3cncc(F)c3)c(F)cc2F)S1. The van der Waals surface area contributed by atoms with E-state index in [2.05, 4.69) is 9.98 Å². The highest BCUT2D eigenvalue weighted by Crippen LogP contribution is 2.51. The normalized spacial score (nSPS) is 25.6. The van der Waals surface area contributed by atoms with Crippen molar-refractivity contribution in [3.05, 3.63) is 53.6 Å². The van der Waals surface area contributed by atoms with E-state index < -0.39 is 22.2 Å². The zero-order chi connectivity index (χ0) is 17.6. The number of rotatable bonds is 2. The van der Waals surface area contributed by atoms with E-state index in [4.69, 9.17) is 10.5 Å². The van der Waals surface area contributed by atoms with Crippen molar-refractivity contribution in [1.29, 1.82) is 0 Å². The minimum Gasteiger partial charge on any atom is -0.379 e. The van der Waals surface area contributed by atoms with Crippen molar-refractivity contribution in [3.63, 3.8) is 0 Å². The lowest BCUT2D eigenvalue weighted by atomic mass is 9.85. The van der Waals surface area contributed by atoms with Crippen LogP contribution in [0.4, 0.5) is 13.2 Å². The maximum atomic E-state index is 14.7. The van der Waals surface area contributed by atoms with Gasteiger partial charge in [0.15, 0.2) is 5.17 Å². The summed E-state index contributed by atoms with van der Waals surface area (Å²) in [5.41, 5.74) is 6.49. The molecule has 0 saturated carbocycles. The average Bonchev–Trinajstić information content (AvgIpc) is 2.98. The van der Waals surface area contributed by atoms with Crippen LogP contribution in [0.2, 0.25) is 0 Å². The second-order valence-corrected chi connectivity index (χ2v) is 7.44. The number of nitrogens with two attached hydrogens (primary N) is 1. The molecule has 2 aromatic rings. The number of aliphatic imine (C=N–C) groups is 1. The first kappa shape index (κ1) is 16.4. The van der Waals surface area contributed by atoms with E-state index in [1.165, 1.54) is 24.0 Å². The molecule has 2 atom stereocenters. The lowest BCUT2D eigenvalue weighted by Crippen LogP contribution is -2.39. The molecule has 0 spiro atoms. The van der Waals surface area contributed by atoms with Crippen LogP contribution in [0.1, 0.15) is 5.56 Å². The maximum absolute atomic E-state index is 14.7. The van der Waals surface area contributed by atoms with Gasteiger partial charge < -0.3 is 10.5 Å². The molecule has 0 aliphatic carbocycles. The molecule has 4 rings (SSSR count). The second kappa shape index (κ2) is 6.03. The fourth-order valence-electron chi connectivity index (χ4n) is 3.34.